The zero-order valence-electron chi connectivity index (χ0n) is 9.96. The van der Waals surface area contributed by atoms with Gasteiger partial charge in [-0.3, -0.25) is 0 Å². The number of carboxylic acids is 1. The van der Waals surface area contributed by atoms with Gasteiger partial charge >= 0.3 is 5.97 Å². The van der Waals surface area contributed by atoms with Crippen molar-refractivity contribution < 1.29 is 9.90 Å². The van der Waals surface area contributed by atoms with Crippen LogP contribution in [0.3, 0.4) is 0 Å². The van der Waals surface area contributed by atoms with E-state index in [9.17, 15) is 4.79 Å². The van der Waals surface area contributed by atoms with Crippen LogP contribution in [0.25, 0.3) is 5.82 Å². The molecule has 1 N–H and O–H groups in total. The van der Waals surface area contributed by atoms with Crippen LogP contribution in [0.1, 0.15) is 35.8 Å². The van der Waals surface area contributed by atoms with Gasteiger partial charge in [0.25, 0.3) is 0 Å². The summed E-state index contributed by atoms with van der Waals surface area (Å²) in [5.41, 5.74) is 1.00. The molecule has 5 nitrogen and oxygen atoms in total. The summed E-state index contributed by atoms with van der Waals surface area (Å²) in [5, 5.41) is 13.4. The molecule has 2 aromatic heterocycles. The minimum Gasteiger partial charge on any atom is -0.478 e. The Labute approximate surface area is 109 Å². The first-order chi connectivity index (χ1) is 8.47. The molecule has 0 atom stereocenters. The van der Waals surface area contributed by atoms with Crippen molar-refractivity contribution in [2.75, 3.05) is 0 Å². The molecular weight excluding hydrogens is 254 g/mol. The maximum absolute atomic E-state index is 10.9. The third kappa shape index (κ3) is 2.51. The summed E-state index contributed by atoms with van der Waals surface area (Å²) in [4.78, 5) is 15.0. The Balaban J connectivity index is 2.46. The van der Waals surface area contributed by atoms with Crippen LogP contribution in [0, 0.1) is 0 Å². The van der Waals surface area contributed by atoms with Gasteiger partial charge in [-0.1, -0.05) is 25.4 Å². The molecule has 0 radical (unpaired) electrons. The smallest absolute Gasteiger partial charge is 0.335 e. The van der Waals surface area contributed by atoms with Crippen molar-refractivity contribution in [1.82, 2.24) is 14.8 Å². The summed E-state index contributed by atoms with van der Waals surface area (Å²) >= 11 is 5.80. The lowest BCUT2D eigenvalue weighted by Gasteiger charge is -2.03. The number of aromatic nitrogens is 3. The SMILES string of the molecule is CC(C)c1ccn(-c2cc(C(=O)O)cc(Cl)n2)n1. The molecule has 18 heavy (non-hydrogen) atoms. The summed E-state index contributed by atoms with van der Waals surface area (Å²) < 4.78 is 1.52. The quantitative estimate of drug-likeness (QED) is 0.867. The predicted octanol–water partition coefficient (Wildman–Crippen LogP) is 2.74. The van der Waals surface area contributed by atoms with E-state index >= 15 is 0 Å². The van der Waals surface area contributed by atoms with Gasteiger partial charge in [0.05, 0.1) is 11.3 Å². The Bertz CT molecular complexity index is 593. The molecule has 2 rings (SSSR count). The Hall–Kier alpha value is -1.88. The molecule has 0 aliphatic rings. The number of carbonyl (C=O) groups is 1. The van der Waals surface area contributed by atoms with E-state index in [1.54, 1.807) is 6.20 Å². The normalized spacial score (nSPS) is 10.9. The molecule has 0 fully saturated rings. The molecule has 0 bridgehead atoms. The highest BCUT2D eigenvalue weighted by Gasteiger charge is 2.10. The number of halogens is 1. The van der Waals surface area contributed by atoms with Gasteiger partial charge < -0.3 is 5.11 Å². The lowest BCUT2D eigenvalue weighted by Crippen LogP contribution is -2.04. The average molecular weight is 266 g/mol. The summed E-state index contributed by atoms with van der Waals surface area (Å²) in [6.45, 7) is 4.06. The number of hydrogen-bond acceptors (Lipinski definition) is 3. The van der Waals surface area contributed by atoms with Crippen LogP contribution >= 0.6 is 11.6 Å². The average Bonchev–Trinajstić information content (AvgIpc) is 2.77. The van der Waals surface area contributed by atoms with E-state index in [2.05, 4.69) is 10.1 Å². The number of hydrogen-bond donors (Lipinski definition) is 1. The van der Waals surface area contributed by atoms with Gasteiger partial charge in [0.15, 0.2) is 5.82 Å². The predicted molar refractivity (Wildman–Crippen MR) is 67.4 cm³/mol. The van der Waals surface area contributed by atoms with Crippen molar-refractivity contribution in [1.29, 1.82) is 0 Å². The van der Waals surface area contributed by atoms with E-state index in [4.69, 9.17) is 16.7 Å². The zero-order valence-corrected chi connectivity index (χ0v) is 10.7. The first-order valence-electron chi connectivity index (χ1n) is 5.44. The second kappa shape index (κ2) is 4.78. The van der Waals surface area contributed by atoms with E-state index in [0.717, 1.165) is 5.69 Å². The first kappa shape index (κ1) is 12.6. The van der Waals surface area contributed by atoms with Crippen molar-refractivity contribution in [2.24, 2.45) is 0 Å². The van der Waals surface area contributed by atoms with Crippen molar-refractivity contribution in [3.63, 3.8) is 0 Å². The van der Waals surface area contributed by atoms with E-state index in [1.807, 2.05) is 19.9 Å². The van der Waals surface area contributed by atoms with Crippen LogP contribution < -0.4 is 0 Å². The van der Waals surface area contributed by atoms with Crippen LogP contribution in [0.4, 0.5) is 0 Å². The second-order valence-electron chi connectivity index (χ2n) is 4.18. The van der Waals surface area contributed by atoms with Gasteiger partial charge in [-0.15, -0.1) is 0 Å². The molecule has 0 amide bonds. The molecule has 0 saturated heterocycles. The van der Waals surface area contributed by atoms with E-state index in [-0.39, 0.29) is 10.7 Å². The number of carboxylic acid groups (broad SMARTS) is 1. The number of aromatic carboxylic acids is 1. The third-order valence-electron chi connectivity index (χ3n) is 2.46. The second-order valence-corrected chi connectivity index (χ2v) is 4.57. The molecule has 0 spiro atoms. The van der Waals surface area contributed by atoms with Crippen molar-refractivity contribution in [3.05, 3.63) is 40.8 Å². The Morgan fingerprint density at radius 2 is 2.17 bits per heavy atom. The zero-order chi connectivity index (χ0) is 13.3. The fourth-order valence-corrected chi connectivity index (χ4v) is 1.70. The Kier molecular flexibility index (Phi) is 3.34. The molecule has 0 aliphatic carbocycles. The maximum atomic E-state index is 10.9. The van der Waals surface area contributed by atoms with Crippen LogP contribution in [-0.2, 0) is 0 Å². The van der Waals surface area contributed by atoms with Gasteiger partial charge in [0, 0.05) is 6.20 Å². The van der Waals surface area contributed by atoms with Gasteiger partial charge in [-0.25, -0.2) is 14.5 Å². The Morgan fingerprint density at radius 3 is 2.72 bits per heavy atom. The first-order valence-corrected chi connectivity index (χ1v) is 5.82. The van der Waals surface area contributed by atoms with Crippen molar-refractivity contribution in [2.45, 2.75) is 19.8 Å². The van der Waals surface area contributed by atoms with Crippen molar-refractivity contribution >= 4 is 17.6 Å². The highest BCUT2D eigenvalue weighted by molar-refractivity contribution is 6.29. The standard InChI is InChI=1S/C12H12ClN3O2/c1-7(2)9-3-4-16(15-9)11-6-8(12(17)18)5-10(13)14-11/h3-7H,1-2H3,(H,17,18). The molecule has 0 unspecified atom stereocenters. The van der Waals surface area contributed by atoms with Gasteiger partial charge in [-0.05, 0) is 24.1 Å². The third-order valence-corrected chi connectivity index (χ3v) is 2.66. The highest BCUT2D eigenvalue weighted by atomic mass is 35.5. The molecule has 2 heterocycles. The number of rotatable bonds is 3. The summed E-state index contributed by atoms with van der Waals surface area (Å²) in [6.07, 6.45) is 1.74. The molecule has 0 aromatic carbocycles. The summed E-state index contributed by atoms with van der Waals surface area (Å²) in [7, 11) is 0. The minimum atomic E-state index is -1.04. The maximum Gasteiger partial charge on any atom is 0.335 e. The topological polar surface area (TPSA) is 68.0 Å². The summed E-state index contributed by atoms with van der Waals surface area (Å²) in [6, 6.07) is 4.61. The monoisotopic (exact) mass is 265 g/mol. The van der Waals surface area contributed by atoms with Crippen LogP contribution in [0.2, 0.25) is 5.15 Å². The number of nitrogens with zero attached hydrogens (tertiary/aromatic N) is 3. The highest BCUT2D eigenvalue weighted by Crippen LogP contribution is 2.16. The van der Waals surface area contributed by atoms with Gasteiger partial charge in [-0.2, -0.15) is 5.10 Å². The van der Waals surface area contributed by atoms with E-state index < -0.39 is 5.97 Å². The lowest BCUT2D eigenvalue weighted by atomic mass is 10.1. The number of pyridine rings is 1. The largest absolute Gasteiger partial charge is 0.478 e. The molecule has 94 valence electrons. The van der Waals surface area contributed by atoms with Gasteiger partial charge in [0.1, 0.15) is 5.15 Å². The lowest BCUT2D eigenvalue weighted by molar-refractivity contribution is 0.0696. The fourth-order valence-electron chi connectivity index (χ4n) is 1.50. The fraction of sp³-hybridized carbons (Fsp3) is 0.250. The molecule has 0 saturated carbocycles. The molecule has 6 heteroatoms. The van der Waals surface area contributed by atoms with Crippen LogP contribution in [0.5, 0.6) is 0 Å². The van der Waals surface area contributed by atoms with Crippen LogP contribution in [-0.4, -0.2) is 25.8 Å². The van der Waals surface area contributed by atoms with Gasteiger partial charge in [0.2, 0.25) is 0 Å². The molecular formula is C12H12ClN3O2. The van der Waals surface area contributed by atoms with E-state index in [0.29, 0.717) is 11.7 Å². The molecule has 2 aromatic rings. The van der Waals surface area contributed by atoms with E-state index in [1.165, 1.54) is 16.8 Å². The van der Waals surface area contributed by atoms with Crippen molar-refractivity contribution in [3.8, 4) is 5.82 Å². The van der Waals surface area contributed by atoms with Crippen LogP contribution in [0.15, 0.2) is 24.4 Å². The summed E-state index contributed by atoms with van der Waals surface area (Å²) in [5.74, 6) is -0.354. The minimum absolute atomic E-state index is 0.0894. The molecule has 0 aliphatic heterocycles. The Morgan fingerprint density at radius 1 is 1.44 bits per heavy atom.